The minimum absolute atomic E-state index is 0.308. The van der Waals surface area contributed by atoms with Crippen LogP contribution in [0.15, 0.2) is 42.7 Å². The third-order valence-electron chi connectivity index (χ3n) is 3.00. The van der Waals surface area contributed by atoms with E-state index in [1.165, 1.54) is 5.56 Å². The van der Waals surface area contributed by atoms with E-state index in [4.69, 9.17) is 4.74 Å². The maximum atomic E-state index is 6.00. The van der Waals surface area contributed by atoms with E-state index in [0.717, 1.165) is 28.5 Å². The molecule has 0 spiro atoms. The predicted molar refractivity (Wildman–Crippen MR) is 68.4 cm³/mol. The van der Waals surface area contributed by atoms with Crippen LogP contribution in [0.2, 0.25) is 5.21 Å². The van der Waals surface area contributed by atoms with Gasteiger partial charge in [0.2, 0.25) is 0 Å². The topological polar surface area (TPSA) is 22.1 Å². The molecule has 3 rings (SSSR count). The second kappa shape index (κ2) is 4.54. The van der Waals surface area contributed by atoms with Crippen LogP contribution < -0.4 is 4.74 Å². The zero-order valence-electron chi connectivity index (χ0n) is 9.34. The first kappa shape index (κ1) is 10.9. The quantitative estimate of drug-likeness (QED) is 0.791. The van der Waals surface area contributed by atoms with Crippen molar-refractivity contribution in [3.05, 3.63) is 48.3 Å². The van der Waals surface area contributed by atoms with Gasteiger partial charge in [0.05, 0.1) is 0 Å². The number of hydrogen-bond donors (Lipinski definition) is 0. The predicted octanol–water partition coefficient (Wildman–Crippen LogP) is 2.64. The van der Waals surface area contributed by atoms with Gasteiger partial charge in [-0.25, -0.2) is 0 Å². The van der Waals surface area contributed by atoms with E-state index in [0.29, 0.717) is 6.10 Å². The van der Waals surface area contributed by atoms with Crippen LogP contribution in [0.3, 0.4) is 0 Å². The molecular formula is C14H12AsNO. The number of hydrogen-bond acceptors (Lipinski definition) is 2. The number of fused-ring (bicyclic) bond motifs is 1. The number of pyridine rings is 1. The number of benzene rings is 1. The summed E-state index contributed by atoms with van der Waals surface area (Å²) in [7, 11) is 0. The summed E-state index contributed by atoms with van der Waals surface area (Å²) in [6.45, 7) is 0. The van der Waals surface area contributed by atoms with E-state index in [-0.39, 0.29) is 0 Å². The molecule has 1 unspecified atom stereocenters. The van der Waals surface area contributed by atoms with Crippen molar-refractivity contribution in [3.8, 4) is 16.9 Å². The summed E-state index contributed by atoms with van der Waals surface area (Å²) >= 11 is 2.60. The molecule has 84 valence electrons. The van der Waals surface area contributed by atoms with E-state index in [1.54, 1.807) is 6.20 Å². The first-order valence-corrected chi connectivity index (χ1v) is 7.01. The molecule has 0 amide bonds. The fourth-order valence-corrected chi connectivity index (χ4v) is 2.62. The average Bonchev–Trinajstić information content (AvgIpc) is 2.82. The normalized spacial score (nSPS) is 17.6. The Morgan fingerprint density at radius 2 is 2.24 bits per heavy atom. The standard InChI is InChI=1S/C14H12AsNO/c15-8-12-7-10-3-1-5-13(14(10)17-12)11-4-2-6-16-9-11/h1-6,9,12H,7-8H2. The van der Waals surface area contributed by atoms with Crippen molar-refractivity contribution < 1.29 is 4.74 Å². The number of para-hydroxylation sites is 1. The molecule has 1 aliphatic heterocycles. The van der Waals surface area contributed by atoms with Gasteiger partial charge < -0.3 is 0 Å². The molecule has 2 aromatic rings. The summed E-state index contributed by atoms with van der Waals surface area (Å²) in [5.74, 6) is 1.04. The van der Waals surface area contributed by atoms with Crippen LogP contribution in [0.25, 0.3) is 11.1 Å². The maximum absolute atomic E-state index is 6.00. The first-order valence-electron chi connectivity index (χ1n) is 5.68. The fourth-order valence-electron chi connectivity index (χ4n) is 2.19. The first-order chi connectivity index (χ1) is 8.38. The van der Waals surface area contributed by atoms with Gasteiger partial charge in [0, 0.05) is 0 Å². The summed E-state index contributed by atoms with van der Waals surface area (Å²) in [5.41, 5.74) is 3.58. The molecule has 0 saturated carbocycles. The van der Waals surface area contributed by atoms with E-state index in [9.17, 15) is 0 Å². The van der Waals surface area contributed by atoms with Crippen LogP contribution in [0.1, 0.15) is 5.56 Å². The summed E-state index contributed by atoms with van der Waals surface area (Å²) in [6, 6.07) is 10.4. The van der Waals surface area contributed by atoms with Crippen molar-refractivity contribution in [1.82, 2.24) is 4.98 Å². The van der Waals surface area contributed by atoms with Crippen molar-refractivity contribution in [2.75, 3.05) is 0 Å². The van der Waals surface area contributed by atoms with Gasteiger partial charge in [-0.05, 0) is 0 Å². The molecule has 0 aliphatic carbocycles. The molecule has 0 fully saturated rings. The van der Waals surface area contributed by atoms with Crippen LogP contribution in [0, 0.1) is 0 Å². The SMILES string of the molecule is [As]CC1Cc2cccc(-c3cccnc3)c2O1. The van der Waals surface area contributed by atoms with E-state index >= 15 is 0 Å². The number of nitrogens with zero attached hydrogens (tertiary/aromatic N) is 1. The van der Waals surface area contributed by atoms with Gasteiger partial charge in [-0.15, -0.1) is 0 Å². The average molecular weight is 285 g/mol. The molecule has 0 bridgehead atoms. The number of rotatable bonds is 2. The van der Waals surface area contributed by atoms with Crippen molar-refractivity contribution in [2.45, 2.75) is 17.7 Å². The van der Waals surface area contributed by atoms with Gasteiger partial charge in [-0.1, -0.05) is 0 Å². The molecule has 0 saturated heterocycles. The minimum atomic E-state index is 0.308. The van der Waals surface area contributed by atoms with Crippen LogP contribution in [0.5, 0.6) is 5.75 Å². The van der Waals surface area contributed by atoms with Crippen LogP contribution in [0.4, 0.5) is 0 Å². The van der Waals surface area contributed by atoms with Crippen molar-refractivity contribution >= 4 is 16.9 Å². The Labute approximate surface area is 110 Å². The molecule has 1 atom stereocenters. The second-order valence-electron chi connectivity index (χ2n) is 4.16. The van der Waals surface area contributed by atoms with Crippen molar-refractivity contribution in [2.24, 2.45) is 0 Å². The van der Waals surface area contributed by atoms with Crippen LogP contribution >= 0.6 is 0 Å². The van der Waals surface area contributed by atoms with E-state index < -0.39 is 0 Å². The van der Waals surface area contributed by atoms with Gasteiger partial charge >= 0.3 is 109 Å². The Balaban J connectivity index is 2.07. The van der Waals surface area contributed by atoms with Crippen LogP contribution in [-0.2, 0) is 6.42 Å². The third kappa shape index (κ3) is 1.98. The molecule has 17 heavy (non-hydrogen) atoms. The van der Waals surface area contributed by atoms with Gasteiger partial charge in [-0.3, -0.25) is 0 Å². The number of ether oxygens (including phenoxy) is 1. The summed E-state index contributed by atoms with van der Waals surface area (Å²) in [6.07, 6.45) is 5.00. The van der Waals surface area contributed by atoms with Gasteiger partial charge in [0.25, 0.3) is 0 Å². The van der Waals surface area contributed by atoms with Gasteiger partial charge in [0.1, 0.15) is 0 Å². The second-order valence-corrected chi connectivity index (χ2v) is 4.93. The molecular weight excluding hydrogens is 273 g/mol. The summed E-state index contributed by atoms with van der Waals surface area (Å²) in [5, 5.41) is 0.994. The molecule has 2 radical (unpaired) electrons. The fraction of sp³-hybridized carbons (Fsp3) is 0.214. The molecule has 1 aliphatic rings. The Hall–Kier alpha value is -1.27. The van der Waals surface area contributed by atoms with Gasteiger partial charge in [0.15, 0.2) is 0 Å². The molecule has 2 heterocycles. The van der Waals surface area contributed by atoms with Crippen molar-refractivity contribution in [3.63, 3.8) is 0 Å². The Kier molecular flexibility index (Phi) is 2.90. The van der Waals surface area contributed by atoms with E-state index in [2.05, 4.69) is 46.1 Å². The third-order valence-corrected chi connectivity index (χ3v) is 3.86. The molecule has 1 aromatic heterocycles. The van der Waals surface area contributed by atoms with Crippen molar-refractivity contribution in [1.29, 1.82) is 0 Å². The molecule has 3 heteroatoms. The van der Waals surface area contributed by atoms with Gasteiger partial charge in [-0.2, -0.15) is 0 Å². The number of aromatic nitrogens is 1. The van der Waals surface area contributed by atoms with Crippen LogP contribution in [-0.4, -0.2) is 27.9 Å². The zero-order chi connectivity index (χ0) is 11.7. The summed E-state index contributed by atoms with van der Waals surface area (Å²) in [4.78, 5) is 4.17. The van der Waals surface area contributed by atoms with E-state index in [1.807, 2.05) is 12.3 Å². The Morgan fingerprint density at radius 3 is 3.00 bits per heavy atom. The molecule has 1 aromatic carbocycles. The molecule has 0 N–H and O–H groups in total. The Bertz CT molecular complexity index is 527. The monoisotopic (exact) mass is 285 g/mol. The zero-order valence-corrected chi connectivity index (χ0v) is 11.2. The Morgan fingerprint density at radius 1 is 1.29 bits per heavy atom. The summed E-state index contributed by atoms with van der Waals surface area (Å²) < 4.78 is 6.00. The molecule has 2 nitrogen and oxygen atoms in total.